The second kappa shape index (κ2) is 7.46. The van der Waals surface area contributed by atoms with Crippen LogP contribution in [0.1, 0.15) is 50.0 Å². The molecular weight excluding hydrogens is 232 g/mol. The molecule has 1 aromatic rings. The maximum atomic E-state index is 5.73. The minimum absolute atomic E-state index is 0.480. The van der Waals surface area contributed by atoms with Crippen molar-refractivity contribution in [3.05, 3.63) is 48.6 Å². The number of hydrogen-bond donors (Lipinski definition) is 2. The van der Waals surface area contributed by atoms with Crippen molar-refractivity contribution in [2.75, 3.05) is 0 Å². The van der Waals surface area contributed by atoms with Crippen LogP contribution in [0.25, 0.3) is 0 Å². The molecule has 2 rings (SSSR count). The van der Waals surface area contributed by atoms with E-state index in [0.29, 0.717) is 6.04 Å². The molecule has 0 heterocycles. The predicted molar refractivity (Wildman–Crippen MR) is 81.7 cm³/mol. The van der Waals surface area contributed by atoms with Crippen LogP contribution in [0.4, 0.5) is 0 Å². The molecule has 19 heavy (non-hydrogen) atoms. The standard InChI is InChI=1S/C17H26N2/c1-2-3-4-5-9-12-17(19-18)16-13-15(16)14-10-7-6-8-11-14/h2,6-8,10-11,15-17,19H,1,3-5,9,12-13,18H2. The molecule has 0 aliphatic heterocycles. The molecule has 0 saturated heterocycles. The molecule has 2 heteroatoms. The highest BCUT2D eigenvalue weighted by molar-refractivity contribution is 5.26. The van der Waals surface area contributed by atoms with E-state index >= 15 is 0 Å². The Bertz CT molecular complexity index is 374. The van der Waals surface area contributed by atoms with Crippen LogP contribution in [0, 0.1) is 5.92 Å². The molecule has 1 fully saturated rings. The zero-order chi connectivity index (χ0) is 13.5. The number of nitrogens with two attached hydrogens (primary N) is 1. The summed E-state index contributed by atoms with van der Waals surface area (Å²) in [5, 5.41) is 0. The first-order valence-electron chi connectivity index (χ1n) is 7.48. The van der Waals surface area contributed by atoms with Crippen molar-refractivity contribution >= 4 is 0 Å². The summed E-state index contributed by atoms with van der Waals surface area (Å²) in [6, 6.07) is 11.3. The van der Waals surface area contributed by atoms with Gasteiger partial charge in [-0.05, 0) is 43.1 Å². The third kappa shape index (κ3) is 4.19. The number of rotatable bonds is 9. The highest BCUT2D eigenvalue weighted by Gasteiger charge is 2.42. The van der Waals surface area contributed by atoms with Crippen LogP contribution in [0.3, 0.4) is 0 Å². The lowest BCUT2D eigenvalue weighted by atomic mass is 10.0. The normalized spacial score (nSPS) is 23.0. The Morgan fingerprint density at radius 1 is 1.26 bits per heavy atom. The topological polar surface area (TPSA) is 38.0 Å². The molecule has 3 unspecified atom stereocenters. The quantitative estimate of drug-likeness (QED) is 0.306. The van der Waals surface area contributed by atoms with Crippen LogP contribution in [0.15, 0.2) is 43.0 Å². The summed E-state index contributed by atoms with van der Waals surface area (Å²) in [5.41, 5.74) is 4.51. The SMILES string of the molecule is C=CCCCCCC(NN)C1CC1c1ccccc1. The summed E-state index contributed by atoms with van der Waals surface area (Å²) < 4.78 is 0. The minimum atomic E-state index is 0.480. The van der Waals surface area contributed by atoms with Crippen LogP contribution < -0.4 is 11.3 Å². The lowest BCUT2D eigenvalue weighted by molar-refractivity contribution is 0.419. The molecule has 0 bridgehead atoms. The lowest BCUT2D eigenvalue weighted by Gasteiger charge is -2.15. The lowest BCUT2D eigenvalue weighted by Crippen LogP contribution is -2.37. The van der Waals surface area contributed by atoms with Gasteiger partial charge in [0.2, 0.25) is 0 Å². The van der Waals surface area contributed by atoms with Gasteiger partial charge in [0.25, 0.3) is 0 Å². The summed E-state index contributed by atoms with van der Waals surface area (Å²) >= 11 is 0. The van der Waals surface area contributed by atoms with Gasteiger partial charge in [-0.25, -0.2) is 0 Å². The van der Waals surface area contributed by atoms with Crippen LogP contribution in [0.2, 0.25) is 0 Å². The first-order chi connectivity index (χ1) is 9.36. The second-order valence-corrected chi connectivity index (χ2v) is 5.62. The average molecular weight is 258 g/mol. The Balaban J connectivity index is 1.73. The largest absolute Gasteiger partial charge is 0.271 e. The molecule has 0 amide bonds. The van der Waals surface area contributed by atoms with E-state index < -0.39 is 0 Å². The molecule has 3 N–H and O–H groups in total. The smallest absolute Gasteiger partial charge is 0.0244 e. The predicted octanol–water partition coefficient (Wildman–Crippen LogP) is 3.76. The molecule has 0 spiro atoms. The molecule has 1 saturated carbocycles. The summed E-state index contributed by atoms with van der Waals surface area (Å²) in [6.45, 7) is 3.76. The Labute approximate surface area is 117 Å². The summed E-state index contributed by atoms with van der Waals surface area (Å²) in [4.78, 5) is 0. The molecule has 1 aromatic carbocycles. The Hall–Kier alpha value is -1.12. The zero-order valence-corrected chi connectivity index (χ0v) is 11.7. The molecule has 2 nitrogen and oxygen atoms in total. The van der Waals surface area contributed by atoms with Crippen LogP contribution in [0.5, 0.6) is 0 Å². The first kappa shape index (κ1) is 14.3. The zero-order valence-electron chi connectivity index (χ0n) is 11.7. The monoisotopic (exact) mass is 258 g/mol. The molecule has 0 radical (unpaired) electrons. The van der Waals surface area contributed by atoms with Crippen LogP contribution in [-0.2, 0) is 0 Å². The van der Waals surface area contributed by atoms with Gasteiger partial charge in [0.15, 0.2) is 0 Å². The molecular formula is C17H26N2. The van der Waals surface area contributed by atoms with E-state index in [1.54, 1.807) is 0 Å². The Kier molecular flexibility index (Phi) is 5.62. The number of benzene rings is 1. The maximum absolute atomic E-state index is 5.73. The highest BCUT2D eigenvalue weighted by Crippen LogP contribution is 2.50. The highest BCUT2D eigenvalue weighted by atomic mass is 15.2. The van der Waals surface area contributed by atoms with Crippen molar-refractivity contribution in [1.29, 1.82) is 0 Å². The van der Waals surface area contributed by atoms with Gasteiger partial charge >= 0.3 is 0 Å². The van der Waals surface area contributed by atoms with Crippen molar-refractivity contribution in [3.8, 4) is 0 Å². The van der Waals surface area contributed by atoms with Crippen LogP contribution >= 0.6 is 0 Å². The van der Waals surface area contributed by atoms with E-state index in [9.17, 15) is 0 Å². The van der Waals surface area contributed by atoms with Gasteiger partial charge in [-0.3, -0.25) is 11.3 Å². The molecule has 1 aliphatic rings. The second-order valence-electron chi connectivity index (χ2n) is 5.62. The number of allylic oxidation sites excluding steroid dienone is 1. The third-order valence-electron chi connectivity index (χ3n) is 4.22. The third-order valence-corrected chi connectivity index (χ3v) is 4.22. The van der Waals surface area contributed by atoms with Crippen molar-refractivity contribution in [1.82, 2.24) is 5.43 Å². The van der Waals surface area contributed by atoms with Gasteiger partial charge in [0.1, 0.15) is 0 Å². The number of nitrogens with one attached hydrogen (secondary N) is 1. The Morgan fingerprint density at radius 3 is 2.74 bits per heavy atom. The Morgan fingerprint density at radius 2 is 2.05 bits per heavy atom. The number of hydrazine groups is 1. The fourth-order valence-corrected chi connectivity index (χ4v) is 2.99. The maximum Gasteiger partial charge on any atom is 0.0244 e. The van der Waals surface area contributed by atoms with Gasteiger partial charge < -0.3 is 0 Å². The van der Waals surface area contributed by atoms with E-state index in [1.165, 1.54) is 37.7 Å². The first-order valence-corrected chi connectivity index (χ1v) is 7.48. The van der Waals surface area contributed by atoms with Crippen molar-refractivity contribution in [2.24, 2.45) is 11.8 Å². The van der Waals surface area contributed by atoms with Gasteiger partial charge in [0, 0.05) is 6.04 Å². The van der Waals surface area contributed by atoms with E-state index in [4.69, 9.17) is 5.84 Å². The molecule has 104 valence electrons. The van der Waals surface area contributed by atoms with E-state index in [2.05, 4.69) is 42.3 Å². The molecule has 3 atom stereocenters. The summed E-state index contributed by atoms with van der Waals surface area (Å²) in [7, 11) is 0. The summed E-state index contributed by atoms with van der Waals surface area (Å²) in [5.74, 6) is 7.18. The van der Waals surface area contributed by atoms with Crippen molar-refractivity contribution < 1.29 is 0 Å². The minimum Gasteiger partial charge on any atom is -0.271 e. The van der Waals surface area contributed by atoms with E-state index in [1.807, 2.05) is 6.08 Å². The van der Waals surface area contributed by atoms with Crippen molar-refractivity contribution in [3.63, 3.8) is 0 Å². The van der Waals surface area contributed by atoms with Gasteiger partial charge in [-0.1, -0.05) is 49.2 Å². The molecule has 1 aliphatic carbocycles. The number of hydrogen-bond acceptors (Lipinski definition) is 2. The average Bonchev–Trinajstić information content (AvgIpc) is 3.24. The van der Waals surface area contributed by atoms with Gasteiger partial charge in [-0.2, -0.15) is 0 Å². The number of unbranched alkanes of at least 4 members (excludes halogenated alkanes) is 3. The van der Waals surface area contributed by atoms with Gasteiger partial charge in [-0.15, -0.1) is 6.58 Å². The van der Waals surface area contributed by atoms with Gasteiger partial charge in [0.05, 0.1) is 0 Å². The van der Waals surface area contributed by atoms with E-state index in [-0.39, 0.29) is 0 Å². The van der Waals surface area contributed by atoms with Crippen LogP contribution in [-0.4, -0.2) is 6.04 Å². The fourth-order valence-electron chi connectivity index (χ4n) is 2.99. The van der Waals surface area contributed by atoms with Crippen molar-refractivity contribution in [2.45, 2.75) is 50.5 Å². The molecule has 0 aromatic heterocycles. The summed E-state index contributed by atoms with van der Waals surface area (Å²) in [6.07, 6.45) is 9.43. The fraction of sp³-hybridized carbons (Fsp3) is 0.529. The van der Waals surface area contributed by atoms with E-state index in [0.717, 1.165) is 18.3 Å².